The first-order valence-corrected chi connectivity index (χ1v) is 10.8. The van der Waals surface area contributed by atoms with Gasteiger partial charge in [-0.1, -0.05) is 30.3 Å². The number of likely N-dealkylation sites (tertiary alicyclic amines) is 1. The normalized spacial score (nSPS) is 17.0. The summed E-state index contributed by atoms with van der Waals surface area (Å²) in [5.74, 6) is 2.53. The second kappa shape index (κ2) is 11.0. The number of guanidine groups is 1. The summed E-state index contributed by atoms with van der Waals surface area (Å²) in [6, 6.07) is 11.1. The quantitative estimate of drug-likeness (QED) is 0.529. The van der Waals surface area contributed by atoms with Gasteiger partial charge >= 0.3 is 0 Å². The standard InChI is InChI=1S/C22H35N7/c1-4-23-22(29-14-11-20(12-15-29)21-25-17-26-27-21)24-13-10-18(2)28(3)16-19-8-6-5-7-9-19/h5-9,17-18,20H,4,10-16H2,1-3H3,(H,23,24)(H,25,26,27). The molecule has 0 bridgehead atoms. The van der Waals surface area contributed by atoms with E-state index in [9.17, 15) is 0 Å². The van der Waals surface area contributed by atoms with E-state index in [1.54, 1.807) is 6.33 Å². The van der Waals surface area contributed by atoms with Crippen LogP contribution in [-0.4, -0.2) is 70.2 Å². The zero-order valence-corrected chi connectivity index (χ0v) is 18.0. The van der Waals surface area contributed by atoms with Gasteiger partial charge in [0, 0.05) is 44.7 Å². The summed E-state index contributed by atoms with van der Waals surface area (Å²) >= 11 is 0. The van der Waals surface area contributed by atoms with Crippen LogP contribution in [0.5, 0.6) is 0 Å². The van der Waals surface area contributed by atoms with Crippen molar-refractivity contribution in [3.63, 3.8) is 0 Å². The summed E-state index contributed by atoms with van der Waals surface area (Å²) in [5, 5.41) is 10.5. The van der Waals surface area contributed by atoms with Crippen molar-refractivity contribution in [1.29, 1.82) is 0 Å². The summed E-state index contributed by atoms with van der Waals surface area (Å²) in [7, 11) is 2.20. The Hall–Kier alpha value is -2.41. The summed E-state index contributed by atoms with van der Waals surface area (Å²) in [4.78, 5) is 14.0. The van der Waals surface area contributed by atoms with Gasteiger partial charge < -0.3 is 10.2 Å². The largest absolute Gasteiger partial charge is 0.357 e. The number of benzene rings is 1. The number of nitrogens with one attached hydrogen (secondary N) is 2. The molecule has 1 aromatic heterocycles. The molecule has 1 atom stereocenters. The molecule has 3 rings (SSSR count). The highest BCUT2D eigenvalue weighted by Gasteiger charge is 2.24. The van der Waals surface area contributed by atoms with Crippen LogP contribution < -0.4 is 5.32 Å². The Labute approximate surface area is 174 Å². The number of piperidine rings is 1. The van der Waals surface area contributed by atoms with Crippen LogP contribution in [0.3, 0.4) is 0 Å². The Balaban J connectivity index is 1.47. The molecule has 29 heavy (non-hydrogen) atoms. The minimum absolute atomic E-state index is 0.475. The van der Waals surface area contributed by atoms with E-state index in [0.29, 0.717) is 12.0 Å². The van der Waals surface area contributed by atoms with Crippen molar-refractivity contribution in [3.8, 4) is 0 Å². The van der Waals surface area contributed by atoms with Gasteiger partial charge in [-0.2, -0.15) is 5.10 Å². The lowest BCUT2D eigenvalue weighted by Gasteiger charge is -2.33. The Morgan fingerprint density at radius 3 is 2.72 bits per heavy atom. The van der Waals surface area contributed by atoms with Crippen molar-refractivity contribution < 1.29 is 0 Å². The molecule has 0 radical (unpaired) electrons. The van der Waals surface area contributed by atoms with Crippen molar-refractivity contribution in [2.24, 2.45) is 4.99 Å². The molecule has 0 saturated carbocycles. The van der Waals surface area contributed by atoms with E-state index in [1.165, 1.54) is 5.56 Å². The number of aliphatic imine (C=N–C) groups is 1. The van der Waals surface area contributed by atoms with Crippen molar-refractivity contribution in [2.75, 3.05) is 33.2 Å². The number of hydrogen-bond acceptors (Lipinski definition) is 4. The third-order valence-electron chi connectivity index (χ3n) is 5.79. The number of rotatable bonds is 8. The van der Waals surface area contributed by atoms with E-state index < -0.39 is 0 Å². The van der Waals surface area contributed by atoms with Gasteiger partial charge in [0.05, 0.1) is 0 Å². The molecule has 1 aliphatic heterocycles. The lowest BCUT2D eigenvalue weighted by molar-refractivity contribution is 0.240. The molecule has 1 fully saturated rings. The first-order valence-electron chi connectivity index (χ1n) is 10.8. The van der Waals surface area contributed by atoms with Crippen LogP contribution in [0.2, 0.25) is 0 Å². The van der Waals surface area contributed by atoms with Crippen molar-refractivity contribution in [3.05, 3.63) is 48.0 Å². The van der Waals surface area contributed by atoms with E-state index in [2.05, 4.69) is 81.5 Å². The number of hydrogen-bond donors (Lipinski definition) is 2. The van der Waals surface area contributed by atoms with Crippen molar-refractivity contribution in [1.82, 2.24) is 30.3 Å². The summed E-state index contributed by atoms with van der Waals surface area (Å²) in [5.41, 5.74) is 1.35. The van der Waals surface area contributed by atoms with Gasteiger partial charge in [0.15, 0.2) is 5.96 Å². The van der Waals surface area contributed by atoms with Gasteiger partial charge in [-0.3, -0.25) is 15.0 Å². The molecule has 0 spiro atoms. The smallest absolute Gasteiger partial charge is 0.193 e. The predicted octanol–water partition coefficient (Wildman–Crippen LogP) is 2.86. The highest BCUT2D eigenvalue weighted by atomic mass is 15.3. The Morgan fingerprint density at radius 1 is 1.31 bits per heavy atom. The van der Waals surface area contributed by atoms with E-state index in [4.69, 9.17) is 4.99 Å². The molecule has 2 heterocycles. The van der Waals surface area contributed by atoms with Crippen LogP contribution >= 0.6 is 0 Å². The average molecular weight is 398 g/mol. The zero-order valence-electron chi connectivity index (χ0n) is 18.0. The first-order chi connectivity index (χ1) is 14.2. The zero-order chi connectivity index (χ0) is 20.5. The molecule has 7 nitrogen and oxygen atoms in total. The van der Waals surface area contributed by atoms with Gasteiger partial charge in [0.2, 0.25) is 0 Å². The lowest BCUT2D eigenvalue weighted by Crippen LogP contribution is -2.45. The first kappa shape index (κ1) is 21.3. The van der Waals surface area contributed by atoms with E-state index >= 15 is 0 Å². The molecule has 2 aromatic rings. The fourth-order valence-electron chi connectivity index (χ4n) is 3.81. The highest BCUT2D eigenvalue weighted by molar-refractivity contribution is 5.80. The summed E-state index contributed by atoms with van der Waals surface area (Å²) < 4.78 is 0. The molecule has 158 valence electrons. The predicted molar refractivity (Wildman–Crippen MR) is 118 cm³/mol. The van der Waals surface area contributed by atoms with Gasteiger partial charge in [0.25, 0.3) is 0 Å². The van der Waals surface area contributed by atoms with Gasteiger partial charge in [-0.25, -0.2) is 4.98 Å². The van der Waals surface area contributed by atoms with E-state index in [-0.39, 0.29) is 0 Å². The molecular weight excluding hydrogens is 362 g/mol. The molecule has 0 amide bonds. The maximum Gasteiger partial charge on any atom is 0.193 e. The maximum absolute atomic E-state index is 4.92. The van der Waals surface area contributed by atoms with Crippen LogP contribution in [0.1, 0.15) is 50.4 Å². The molecule has 1 aliphatic rings. The van der Waals surface area contributed by atoms with Crippen LogP contribution in [0.15, 0.2) is 41.7 Å². The minimum Gasteiger partial charge on any atom is -0.357 e. The topological polar surface area (TPSA) is 72.4 Å². The Bertz CT molecular complexity index is 721. The fourth-order valence-corrected chi connectivity index (χ4v) is 3.81. The van der Waals surface area contributed by atoms with Crippen molar-refractivity contribution in [2.45, 2.75) is 51.6 Å². The monoisotopic (exact) mass is 397 g/mol. The van der Waals surface area contributed by atoms with Crippen LogP contribution in [0.4, 0.5) is 0 Å². The maximum atomic E-state index is 4.92. The molecule has 1 unspecified atom stereocenters. The number of nitrogens with zero attached hydrogens (tertiary/aromatic N) is 5. The van der Waals surface area contributed by atoms with E-state index in [0.717, 1.165) is 63.8 Å². The van der Waals surface area contributed by atoms with Crippen LogP contribution in [0, 0.1) is 0 Å². The average Bonchev–Trinajstić information content (AvgIpc) is 3.29. The minimum atomic E-state index is 0.475. The fraction of sp³-hybridized carbons (Fsp3) is 0.591. The molecule has 7 heteroatoms. The van der Waals surface area contributed by atoms with Crippen LogP contribution in [0.25, 0.3) is 0 Å². The molecule has 1 aromatic carbocycles. The number of aromatic nitrogens is 3. The highest BCUT2D eigenvalue weighted by Crippen LogP contribution is 2.24. The second-order valence-electron chi connectivity index (χ2n) is 7.91. The molecule has 1 saturated heterocycles. The number of H-pyrrole nitrogens is 1. The number of aromatic amines is 1. The third-order valence-corrected chi connectivity index (χ3v) is 5.79. The molecule has 0 aliphatic carbocycles. The Kier molecular flexibility index (Phi) is 8.04. The van der Waals surface area contributed by atoms with Crippen LogP contribution in [-0.2, 0) is 6.54 Å². The summed E-state index contributed by atoms with van der Waals surface area (Å²) in [6.07, 6.45) is 4.81. The third kappa shape index (κ3) is 6.29. The van der Waals surface area contributed by atoms with Gasteiger partial charge in [-0.05, 0) is 45.7 Å². The lowest BCUT2D eigenvalue weighted by atomic mass is 9.96. The molecule has 2 N–H and O–H groups in total. The van der Waals surface area contributed by atoms with Gasteiger partial charge in [0.1, 0.15) is 12.2 Å². The van der Waals surface area contributed by atoms with Crippen molar-refractivity contribution >= 4 is 5.96 Å². The second-order valence-corrected chi connectivity index (χ2v) is 7.91. The SMILES string of the molecule is CCNC(=NCCC(C)N(C)Cc1ccccc1)N1CCC(c2ncn[nH]2)CC1. The Morgan fingerprint density at radius 2 is 2.07 bits per heavy atom. The van der Waals surface area contributed by atoms with E-state index in [1.807, 2.05) is 0 Å². The molecular formula is C22H35N7. The summed E-state index contributed by atoms with van der Waals surface area (Å²) in [6.45, 7) is 9.12. The van der Waals surface area contributed by atoms with Gasteiger partial charge in [-0.15, -0.1) is 0 Å².